The Morgan fingerprint density at radius 2 is 1.52 bits per heavy atom. The number of hydrogen-bond acceptors (Lipinski definition) is 4. The van der Waals surface area contributed by atoms with Crippen molar-refractivity contribution in [3.05, 3.63) is 0 Å². The lowest BCUT2D eigenvalue weighted by molar-refractivity contribution is -0.136. The first-order valence-corrected chi connectivity index (χ1v) is 10.7. The van der Waals surface area contributed by atoms with Gasteiger partial charge in [-0.2, -0.15) is 0 Å². The molecule has 2 heterocycles. The van der Waals surface area contributed by atoms with Crippen molar-refractivity contribution < 1.29 is 19.1 Å². The molecule has 2 aliphatic heterocycles. The molecule has 27 heavy (non-hydrogen) atoms. The first-order chi connectivity index (χ1) is 13.0. The topological polar surface area (TPSA) is 67.9 Å². The number of nitrogens with one attached hydrogen (secondary N) is 1. The summed E-state index contributed by atoms with van der Waals surface area (Å²) in [6.45, 7) is 7.76. The van der Waals surface area contributed by atoms with Gasteiger partial charge in [0.15, 0.2) is 0 Å². The zero-order valence-electron chi connectivity index (χ0n) is 16.5. The Bertz CT molecular complexity index is 608. The number of ether oxygens (including phenoxy) is 2. The van der Waals surface area contributed by atoms with Crippen LogP contribution in [-0.4, -0.2) is 61.3 Å². The van der Waals surface area contributed by atoms with Crippen LogP contribution in [0.2, 0.25) is 0 Å². The maximum Gasteiger partial charge on any atom is 0.226 e. The second-order valence-electron chi connectivity index (χ2n) is 10.0. The van der Waals surface area contributed by atoms with Crippen LogP contribution in [0.25, 0.3) is 0 Å². The highest BCUT2D eigenvalue weighted by Crippen LogP contribution is 2.53. The van der Waals surface area contributed by atoms with Crippen LogP contribution >= 0.6 is 0 Å². The van der Waals surface area contributed by atoms with Crippen molar-refractivity contribution in [2.24, 2.45) is 35.5 Å². The van der Waals surface area contributed by atoms with E-state index >= 15 is 0 Å². The van der Waals surface area contributed by atoms with Crippen LogP contribution < -0.4 is 5.32 Å². The zero-order chi connectivity index (χ0) is 18.8. The Balaban J connectivity index is 1.20. The summed E-state index contributed by atoms with van der Waals surface area (Å²) < 4.78 is 11.1. The molecule has 6 unspecified atom stereocenters. The van der Waals surface area contributed by atoms with Crippen LogP contribution in [0.15, 0.2) is 0 Å². The third-order valence-corrected chi connectivity index (χ3v) is 7.36. The molecular formula is C21H32N2O4. The average Bonchev–Trinajstić information content (AvgIpc) is 3.52. The summed E-state index contributed by atoms with van der Waals surface area (Å²) in [7, 11) is 0. The Labute approximate surface area is 161 Å². The standard InChI is InChI=1S/C21H32N2O4/c1-21(2,22-19(24)17-13-5-7-26-9-15(13)17)11-23(12-3-4-12)20(25)18-14-6-8-27-10-16(14)18/h12-18H,3-11H2,1-2H3,(H,22,24). The smallest absolute Gasteiger partial charge is 0.226 e. The van der Waals surface area contributed by atoms with Crippen LogP contribution in [0.3, 0.4) is 0 Å². The lowest BCUT2D eigenvalue weighted by Crippen LogP contribution is -2.54. The van der Waals surface area contributed by atoms with E-state index in [2.05, 4.69) is 24.1 Å². The molecule has 0 aromatic heterocycles. The van der Waals surface area contributed by atoms with Crippen LogP contribution in [0.1, 0.15) is 39.5 Å². The fourth-order valence-corrected chi connectivity index (χ4v) is 5.61. The number of carbonyl (C=O) groups is 2. The van der Waals surface area contributed by atoms with Gasteiger partial charge in [-0.3, -0.25) is 9.59 Å². The van der Waals surface area contributed by atoms with Crippen LogP contribution in [0.4, 0.5) is 0 Å². The summed E-state index contributed by atoms with van der Waals surface area (Å²) in [5.41, 5.74) is -0.404. The fourth-order valence-electron chi connectivity index (χ4n) is 5.61. The van der Waals surface area contributed by atoms with Crippen molar-refractivity contribution in [2.75, 3.05) is 33.0 Å². The van der Waals surface area contributed by atoms with E-state index in [-0.39, 0.29) is 17.7 Å². The molecule has 150 valence electrons. The number of fused-ring (bicyclic) bond motifs is 2. The number of nitrogens with zero attached hydrogens (tertiary/aromatic N) is 1. The van der Waals surface area contributed by atoms with Crippen LogP contribution in [0.5, 0.6) is 0 Å². The predicted molar refractivity (Wildman–Crippen MR) is 98.8 cm³/mol. The Kier molecular flexibility index (Phi) is 4.28. The molecule has 3 aliphatic carbocycles. The minimum Gasteiger partial charge on any atom is -0.381 e. The van der Waals surface area contributed by atoms with E-state index in [9.17, 15) is 9.59 Å². The summed E-state index contributed by atoms with van der Waals surface area (Å²) in [6.07, 6.45) is 4.21. The van der Waals surface area contributed by atoms with E-state index in [1.54, 1.807) is 0 Å². The van der Waals surface area contributed by atoms with Crippen molar-refractivity contribution in [3.63, 3.8) is 0 Å². The third kappa shape index (κ3) is 3.39. The zero-order valence-corrected chi connectivity index (χ0v) is 16.5. The van der Waals surface area contributed by atoms with E-state index in [4.69, 9.17) is 9.47 Å². The maximum atomic E-state index is 13.2. The molecule has 6 nitrogen and oxygen atoms in total. The van der Waals surface area contributed by atoms with E-state index < -0.39 is 5.54 Å². The van der Waals surface area contributed by atoms with Crippen molar-refractivity contribution in [3.8, 4) is 0 Å². The second-order valence-corrected chi connectivity index (χ2v) is 10.0. The lowest BCUT2D eigenvalue weighted by Gasteiger charge is -2.34. The van der Waals surface area contributed by atoms with Gasteiger partial charge in [-0.25, -0.2) is 0 Å². The molecule has 3 saturated carbocycles. The summed E-state index contributed by atoms with van der Waals surface area (Å²) in [6, 6.07) is 0.370. The average molecular weight is 376 g/mol. The molecule has 0 aromatic rings. The molecular weight excluding hydrogens is 344 g/mol. The fraction of sp³-hybridized carbons (Fsp3) is 0.905. The molecule has 6 heteroatoms. The summed E-state index contributed by atoms with van der Waals surface area (Å²) in [5.74, 6) is 2.59. The third-order valence-electron chi connectivity index (χ3n) is 7.36. The molecule has 1 N–H and O–H groups in total. The first kappa shape index (κ1) is 17.9. The Hall–Kier alpha value is -1.14. The van der Waals surface area contributed by atoms with Gasteiger partial charge in [0.2, 0.25) is 11.8 Å². The highest BCUT2D eigenvalue weighted by Gasteiger charge is 2.59. The van der Waals surface area contributed by atoms with Gasteiger partial charge in [-0.05, 0) is 63.2 Å². The number of rotatable bonds is 6. The minimum atomic E-state index is -0.404. The number of amides is 2. The van der Waals surface area contributed by atoms with Gasteiger partial charge in [-0.15, -0.1) is 0 Å². The van der Waals surface area contributed by atoms with E-state index in [0.717, 1.165) is 52.1 Å². The largest absolute Gasteiger partial charge is 0.381 e. The summed E-state index contributed by atoms with van der Waals surface area (Å²) in [5, 5.41) is 3.25. The first-order valence-electron chi connectivity index (χ1n) is 10.7. The van der Waals surface area contributed by atoms with Gasteiger partial charge in [0.1, 0.15) is 0 Å². The second kappa shape index (κ2) is 6.45. The molecule has 0 spiro atoms. The normalized spacial score (nSPS) is 39.8. The molecule has 5 fully saturated rings. The Morgan fingerprint density at radius 1 is 0.926 bits per heavy atom. The van der Waals surface area contributed by atoms with Crippen molar-refractivity contribution in [1.82, 2.24) is 10.2 Å². The van der Waals surface area contributed by atoms with Crippen molar-refractivity contribution in [1.29, 1.82) is 0 Å². The predicted octanol–water partition coefficient (Wildman–Crippen LogP) is 1.44. The summed E-state index contributed by atoms with van der Waals surface area (Å²) in [4.78, 5) is 28.1. The molecule has 5 rings (SSSR count). The van der Waals surface area contributed by atoms with Crippen molar-refractivity contribution >= 4 is 11.8 Å². The maximum absolute atomic E-state index is 13.2. The lowest BCUT2D eigenvalue weighted by atomic mass is 10.0. The van der Waals surface area contributed by atoms with E-state index in [1.165, 1.54) is 0 Å². The Morgan fingerprint density at radius 3 is 2.04 bits per heavy atom. The van der Waals surface area contributed by atoms with Gasteiger partial charge >= 0.3 is 0 Å². The van der Waals surface area contributed by atoms with Gasteiger partial charge < -0.3 is 19.7 Å². The summed E-state index contributed by atoms with van der Waals surface area (Å²) >= 11 is 0. The van der Waals surface area contributed by atoms with Gasteiger partial charge in [0.05, 0.1) is 18.8 Å². The molecule has 0 radical (unpaired) electrons. The monoisotopic (exact) mass is 376 g/mol. The molecule has 2 saturated heterocycles. The van der Waals surface area contributed by atoms with Gasteiger partial charge in [-0.1, -0.05) is 0 Å². The number of carbonyl (C=O) groups excluding carboxylic acids is 2. The van der Waals surface area contributed by atoms with Gasteiger partial charge in [0, 0.05) is 37.6 Å². The molecule has 6 atom stereocenters. The molecule has 5 aliphatic rings. The van der Waals surface area contributed by atoms with E-state index in [0.29, 0.717) is 42.2 Å². The quantitative estimate of drug-likeness (QED) is 0.762. The minimum absolute atomic E-state index is 0.111. The molecule has 0 aromatic carbocycles. The molecule has 2 amide bonds. The molecule has 0 bridgehead atoms. The van der Waals surface area contributed by atoms with Crippen LogP contribution in [0, 0.1) is 35.5 Å². The number of hydrogen-bond donors (Lipinski definition) is 1. The van der Waals surface area contributed by atoms with E-state index in [1.807, 2.05) is 0 Å². The van der Waals surface area contributed by atoms with Crippen molar-refractivity contribution in [2.45, 2.75) is 51.1 Å². The highest BCUT2D eigenvalue weighted by molar-refractivity contribution is 5.84. The van der Waals surface area contributed by atoms with Crippen LogP contribution in [-0.2, 0) is 19.1 Å². The SMILES string of the molecule is CC(C)(CN(C(=O)C1C2CCOCC21)C1CC1)NC(=O)C1C2CCOCC21. The highest BCUT2D eigenvalue weighted by atomic mass is 16.5. The van der Waals surface area contributed by atoms with Gasteiger partial charge in [0.25, 0.3) is 0 Å².